The molecule has 0 aromatic heterocycles. The Bertz CT molecular complexity index is 4000. The number of carbonyl (C=O) groups excluding carboxylic acids is 5. The van der Waals surface area contributed by atoms with E-state index in [-0.39, 0.29) is 98.7 Å². The van der Waals surface area contributed by atoms with Crippen LogP contribution >= 0.6 is 0 Å². The molecule has 2 heterocycles. The van der Waals surface area contributed by atoms with Crippen molar-refractivity contribution < 1.29 is 138 Å². The Morgan fingerprint density at radius 3 is 0.972 bits per heavy atom. The Hall–Kier alpha value is -1.94. The molecule has 26 nitrogen and oxygen atoms in total. The molecule has 0 radical (unpaired) electrons. The van der Waals surface area contributed by atoms with Crippen LogP contribution in [0.3, 0.4) is 0 Å². The number of cyclic esters (lactones) is 4. The van der Waals surface area contributed by atoms with Gasteiger partial charge in [0.15, 0.2) is 49.9 Å². The van der Waals surface area contributed by atoms with E-state index in [2.05, 4.69) is 241 Å². The molecule has 0 saturated carbocycles. The van der Waals surface area contributed by atoms with Gasteiger partial charge in [0.05, 0.1) is 47.3 Å². The first-order valence-corrected chi connectivity index (χ1v) is 96.7. The summed E-state index contributed by atoms with van der Waals surface area (Å²) < 4.78 is 97.3. The van der Waals surface area contributed by atoms with Crippen LogP contribution in [0.2, 0.25) is 227 Å². The molecule has 2 saturated heterocycles. The molecule has 0 aromatic rings. The molecule has 42 heteroatoms. The van der Waals surface area contributed by atoms with Gasteiger partial charge in [-0.25, -0.2) is 0 Å². The molecule has 18 unspecified atom stereocenters. The SMILES string of the molecule is C=CCCC1C=CCC2C(=O)OC(=O)C12.C=CCCCC.CCCCCC[Si](C)(O[Si](C)(C)C)O[Si](C)(C)O[Si](C)(CCCCC1C=CCC2C(=O)OC(=O)C12)O[Si](C)(C)C.CCCCCC[Si](C)(O[Si](C)(C)C)O[Si](C)(CCCCC1C=CCC(C(=O)OC(C)(C)C)C1C(=O)O)O[Si](C)(C)O[Si](C)(CCCCC1C=CCC(C(=O)O)C1C(=O)O)O[Si](C)(C)C.C[SiH](O[Si](C)(C)C)O[Si](C)(C)O[Si](C)(C)C.[Pt]. The second kappa shape index (κ2) is 61.8. The Morgan fingerprint density at radius 1 is 0.359 bits per heavy atom. The molecule has 6 aliphatic rings. The summed E-state index contributed by atoms with van der Waals surface area (Å²) in [6, 6.07) is 4.09. The van der Waals surface area contributed by atoms with Gasteiger partial charge in [-0.05, 0) is 335 Å². The number of aliphatic carboxylic acids is 3. The van der Waals surface area contributed by atoms with E-state index in [0.29, 0.717) is 50.6 Å². The topological polar surface area (TPSA) is 336 Å². The van der Waals surface area contributed by atoms with E-state index in [1.165, 1.54) is 38.5 Å². The van der Waals surface area contributed by atoms with Gasteiger partial charge in [-0.15, -0.1) is 13.2 Å². The second-order valence-electron chi connectivity index (χ2n) is 48.9. The van der Waals surface area contributed by atoms with Gasteiger partial charge >= 0.3 is 116 Å². The van der Waals surface area contributed by atoms with Crippen LogP contribution in [0.1, 0.15) is 208 Å². The number of fused-ring (bicyclic) bond motifs is 2. The minimum absolute atomic E-state index is 0. The number of hydrogen-bond donors (Lipinski definition) is 3. The normalized spacial score (nSPS) is 24.0. The fourth-order valence-electron chi connectivity index (χ4n) is 20.5. The van der Waals surface area contributed by atoms with Crippen molar-refractivity contribution in [2.45, 2.75) is 441 Å². The van der Waals surface area contributed by atoms with Crippen molar-refractivity contribution >= 4 is 175 Å². The molecule has 142 heavy (non-hydrogen) atoms. The van der Waals surface area contributed by atoms with Crippen LogP contribution in [-0.2, 0) is 123 Å². The largest absolute Gasteiger partial charge is 0.481 e. The molecule has 6 rings (SSSR count). The quantitative estimate of drug-likeness (QED) is 0.0127. The van der Waals surface area contributed by atoms with Crippen molar-refractivity contribution in [3.63, 3.8) is 0 Å². The summed E-state index contributed by atoms with van der Waals surface area (Å²) in [6.45, 7) is 84.8. The molecule has 2 aliphatic heterocycles. The Morgan fingerprint density at radius 2 is 0.662 bits per heavy atom. The van der Waals surface area contributed by atoms with E-state index in [1.54, 1.807) is 20.8 Å². The monoisotopic (exact) mass is 2430 g/mol. The molecule has 2 fully saturated rings. The standard InChI is InChI=1S/C45H88O13Si6.C28H58O7Si5.C12H14O3.C9H28O3Si4.C6H12.Pt/c1-16-17-18-21-32-63(14,55-60(8,9)10)58-64(15,34-23-20-27-36-29-25-31-38(40(36)43(50)51)44(52)53-45(2,3)4)57-61(11,12)56-62(13,54-59(5,6)7)33-22-19-26-35-28-24-30-37(41(46)47)39(35)42(48)49;1-12-13-14-16-22-39(10,32-36(2,3)4)34-38(8,9)35-40(11,33-37(5,6)7)23-17-15-19-24-20-18-21-25-26(24)28(30)31-27(25)29;1-2-3-5-8-6-4-7-9-10(8)12(14)15-11(9)13;1-13(10-14(2,3)4)11-16(8,9)12-15(5,6)7;1-3-5-6-4-2;/h24-25,28-29,35-40H,16-23,26-27,30-34H2,1-15H3,(H,46,47)(H,48,49)(H,50,51);18,20,24-26H,12-17,19,21-23H2,1-11H3;2,4,6,8-10H,1,3,5,7H2;13H,1-9H3;3H,1,4-6H2,2H3;. The molecule has 18 atom stereocenters. The molecule has 0 amide bonds. The fraction of sp³-hybridized carbons (Fsp3) is 0.800. The van der Waals surface area contributed by atoms with Crippen LogP contribution in [0.4, 0.5) is 0 Å². The number of allylic oxidation sites excluding steroid dienone is 10. The molecule has 4 aliphatic carbocycles. The average molecular weight is 2440 g/mol. The van der Waals surface area contributed by atoms with E-state index in [4.69, 9.17) is 58.9 Å². The number of hydrogen-bond acceptors (Lipinski definition) is 23. The minimum Gasteiger partial charge on any atom is -0.481 e. The number of carboxylic acid groups (broad SMARTS) is 3. The number of ether oxygens (including phenoxy) is 3. The van der Waals surface area contributed by atoms with Crippen LogP contribution in [0, 0.1) is 71.0 Å². The Balaban J connectivity index is 0.00000108. The first-order valence-electron chi connectivity index (χ1n) is 53.1. The van der Waals surface area contributed by atoms with E-state index in [9.17, 15) is 53.7 Å². The zero-order chi connectivity index (χ0) is 108. The molecule has 0 bridgehead atoms. The van der Waals surface area contributed by atoms with Gasteiger partial charge in [-0.3, -0.25) is 38.4 Å². The van der Waals surface area contributed by atoms with Crippen LogP contribution in [0.25, 0.3) is 0 Å². The zero-order valence-electron chi connectivity index (χ0n) is 95.2. The number of unbranched alkanes of at least 4 members (excludes halogenated alkanes) is 11. The van der Waals surface area contributed by atoms with Crippen molar-refractivity contribution in [1.82, 2.24) is 0 Å². The first kappa shape index (κ1) is 138. The van der Waals surface area contributed by atoms with Crippen molar-refractivity contribution in [3.05, 3.63) is 73.9 Å². The van der Waals surface area contributed by atoms with Gasteiger partial charge in [0, 0.05) is 21.1 Å². The maximum Gasteiger partial charge on any atom is 0.318 e. The summed E-state index contributed by atoms with van der Waals surface area (Å²) in [6.07, 6.45) is 42.9. The van der Waals surface area contributed by atoms with Gasteiger partial charge in [0.1, 0.15) is 5.60 Å². The number of carboxylic acids is 3. The maximum atomic E-state index is 13.2. The van der Waals surface area contributed by atoms with Crippen LogP contribution in [0.5, 0.6) is 0 Å². The van der Waals surface area contributed by atoms with Crippen molar-refractivity contribution in [2.75, 3.05) is 0 Å². The minimum atomic E-state index is -3.07. The molecular weight excluding hydrogens is 2230 g/mol. The maximum absolute atomic E-state index is 13.2. The third-order valence-electron chi connectivity index (χ3n) is 24.4. The summed E-state index contributed by atoms with van der Waals surface area (Å²) in [4.78, 5) is 97.2. The number of rotatable bonds is 59. The first-order chi connectivity index (χ1) is 64.5. The summed E-state index contributed by atoms with van der Waals surface area (Å²) in [5.74, 6) is -10.1. The van der Waals surface area contributed by atoms with Crippen molar-refractivity contribution in [3.8, 4) is 0 Å². The predicted molar refractivity (Wildman–Crippen MR) is 608 cm³/mol. The Labute approximate surface area is 892 Å². The van der Waals surface area contributed by atoms with Gasteiger partial charge < -0.3 is 78.9 Å². The van der Waals surface area contributed by atoms with Crippen molar-refractivity contribution in [1.29, 1.82) is 0 Å². The van der Waals surface area contributed by atoms with Gasteiger partial charge in [-0.1, -0.05) is 184 Å². The summed E-state index contributed by atoms with van der Waals surface area (Å²) in [5.41, 5.74) is -0.713. The zero-order valence-corrected chi connectivity index (χ0v) is 113. The molecule has 0 aromatic carbocycles. The summed E-state index contributed by atoms with van der Waals surface area (Å²) in [5, 5.41) is 30.1. The summed E-state index contributed by atoms with van der Waals surface area (Å²) >= 11 is 0. The average Bonchev–Trinajstić information content (AvgIpc) is 1.49. The second-order valence-corrected chi connectivity index (χ2v) is 108. The molecule has 0 spiro atoms. The number of carbonyl (C=O) groups is 8. The molecule has 3 N–H and O–H groups in total. The third kappa shape index (κ3) is 56.6. The predicted octanol–water partition coefficient (Wildman–Crippen LogP) is 27.5. The fourth-order valence-corrected chi connectivity index (χ4v) is 88.2. The third-order valence-corrected chi connectivity index (χ3v) is 77.8. The van der Waals surface area contributed by atoms with Crippen LogP contribution in [-0.4, -0.2) is 196 Å². The van der Waals surface area contributed by atoms with E-state index < -0.39 is 181 Å². The van der Waals surface area contributed by atoms with E-state index >= 15 is 0 Å². The van der Waals surface area contributed by atoms with Crippen LogP contribution in [0.15, 0.2) is 73.9 Å². The molecular formula is C100H200O26PtSi15. The van der Waals surface area contributed by atoms with E-state index in [0.717, 1.165) is 102 Å². The van der Waals surface area contributed by atoms with Crippen molar-refractivity contribution in [2.24, 2.45) is 71.0 Å². The van der Waals surface area contributed by atoms with Gasteiger partial charge in [0.2, 0.25) is 0 Å². The van der Waals surface area contributed by atoms with Crippen LogP contribution < -0.4 is 0 Å². The summed E-state index contributed by atoms with van der Waals surface area (Å²) in [7, 11) is -33.5. The van der Waals surface area contributed by atoms with Gasteiger partial charge in [-0.2, -0.15) is 0 Å². The Kier molecular flexibility index (Phi) is 60.1. The van der Waals surface area contributed by atoms with E-state index in [1.807, 2.05) is 54.7 Å². The smallest absolute Gasteiger partial charge is 0.318 e. The number of esters is 5. The van der Waals surface area contributed by atoms with Gasteiger partial charge in [0.25, 0.3) is 9.28 Å². The molecule has 826 valence electrons.